The zero-order valence-corrected chi connectivity index (χ0v) is 5.73. The summed E-state index contributed by atoms with van der Waals surface area (Å²) in [6.07, 6.45) is 4.01. The molecule has 1 saturated heterocycles. The molecule has 2 heteroatoms. The Labute approximate surface area is 56.6 Å². The maximum atomic E-state index is 5.26. The third-order valence-electron chi connectivity index (χ3n) is 1.58. The van der Waals surface area contributed by atoms with Gasteiger partial charge in [0.15, 0.2) is 0 Å². The van der Waals surface area contributed by atoms with Gasteiger partial charge in [-0.05, 0) is 32.7 Å². The van der Waals surface area contributed by atoms with E-state index in [0.717, 1.165) is 13.0 Å². The molecule has 1 fully saturated rings. The van der Waals surface area contributed by atoms with Crippen molar-refractivity contribution in [1.29, 1.82) is 0 Å². The van der Waals surface area contributed by atoms with E-state index < -0.39 is 0 Å². The van der Waals surface area contributed by atoms with Crippen molar-refractivity contribution in [1.82, 2.24) is 5.32 Å². The maximum absolute atomic E-state index is 5.26. The summed E-state index contributed by atoms with van der Waals surface area (Å²) in [5.74, 6) is 0. The van der Waals surface area contributed by atoms with Crippen LogP contribution in [0.15, 0.2) is 0 Å². The van der Waals surface area contributed by atoms with Crippen LogP contribution < -0.4 is 5.32 Å². The van der Waals surface area contributed by atoms with Gasteiger partial charge in [-0.15, -0.1) is 0 Å². The second-order valence-corrected chi connectivity index (χ2v) is 2.31. The van der Waals surface area contributed by atoms with Gasteiger partial charge in [0.2, 0.25) is 0 Å². The van der Waals surface area contributed by atoms with Crippen molar-refractivity contribution < 1.29 is 4.74 Å². The van der Waals surface area contributed by atoms with E-state index >= 15 is 0 Å². The Morgan fingerprint density at radius 3 is 3.00 bits per heavy atom. The molecular formula is C7H14NO. The van der Waals surface area contributed by atoms with Crippen LogP contribution in [0.25, 0.3) is 0 Å². The molecule has 0 aromatic rings. The highest BCUT2D eigenvalue weighted by Gasteiger charge is 2.10. The SMILES string of the molecule is [CH2]COC1CCCCN1. The van der Waals surface area contributed by atoms with Crippen LogP contribution in [-0.4, -0.2) is 19.4 Å². The molecule has 0 aromatic heterocycles. The summed E-state index contributed by atoms with van der Waals surface area (Å²) in [6, 6.07) is 0. The number of piperidine rings is 1. The van der Waals surface area contributed by atoms with E-state index in [1.165, 1.54) is 12.8 Å². The molecule has 1 heterocycles. The minimum absolute atomic E-state index is 0.288. The smallest absolute Gasteiger partial charge is 0.108 e. The molecule has 0 saturated carbocycles. The van der Waals surface area contributed by atoms with Crippen molar-refractivity contribution in [3.8, 4) is 0 Å². The zero-order valence-electron chi connectivity index (χ0n) is 5.73. The topological polar surface area (TPSA) is 21.3 Å². The van der Waals surface area contributed by atoms with Crippen LogP contribution in [0.2, 0.25) is 0 Å². The molecule has 1 unspecified atom stereocenters. The molecule has 9 heavy (non-hydrogen) atoms. The average Bonchev–Trinajstić information content (AvgIpc) is 1.91. The maximum Gasteiger partial charge on any atom is 0.108 e. The fourth-order valence-electron chi connectivity index (χ4n) is 1.10. The van der Waals surface area contributed by atoms with Gasteiger partial charge in [0.1, 0.15) is 6.23 Å². The second-order valence-electron chi connectivity index (χ2n) is 2.31. The van der Waals surface area contributed by atoms with Gasteiger partial charge in [0, 0.05) is 6.61 Å². The molecule has 1 atom stereocenters. The zero-order chi connectivity index (χ0) is 6.53. The van der Waals surface area contributed by atoms with E-state index in [4.69, 9.17) is 4.74 Å². The number of rotatable bonds is 2. The van der Waals surface area contributed by atoms with Gasteiger partial charge in [0.25, 0.3) is 0 Å². The van der Waals surface area contributed by atoms with Crippen molar-refractivity contribution in [3.63, 3.8) is 0 Å². The summed E-state index contributed by atoms with van der Waals surface area (Å²) in [7, 11) is 0. The molecule has 1 aliphatic heterocycles. The minimum atomic E-state index is 0.288. The fourth-order valence-corrected chi connectivity index (χ4v) is 1.10. The van der Waals surface area contributed by atoms with E-state index in [2.05, 4.69) is 12.2 Å². The molecule has 1 aliphatic rings. The van der Waals surface area contributed by atoms with Gasteiger partial charge in [-0.3, -0.25) is 5.32 Å². The Morgan fingerprint density at radius 2 is 2.44 bits per heavy atom. The lowest BCUT2D eigenvalue weighted by atomic mass is 10.1. The van der Waals surface area contributed by atoms with Gasteiger partial charge < -0.3 is 4.74 Å². The van der Waals surface area contributed by atoms with E-state index in [9.17, 15) is 0 Å². The highest BCUT2D eigenvalue weighted by molar-refractivity contribution is 4.63. The monoisotopic (exact) mass is 128 g/mol. The third kappa shape index (κ3) is 2.33. The molecule has 0 spiro atoms. The van der Waals surface area contributed by atoms with Crippen molar-refractivity contribution in [2.24, 2.45) is 0 Å². The predicted molar refractivity (Wildman–Crippen MR) is 37.0 cm³/mol. The van der Waals surface area contributed by atoms with Gasteiger partial charge in [-0.2, -0.15) is 0 Å². The molecule has 53 valence electrons. The van der Waals surface area contributed by atoms with Crippen LogP contribution in [0, 0.1) is 6.92 Å². The summed E-state index contributed by atoms with van der Waals surface area (Å²) in [5, 5.41) is 3.26. The van der Waals surface area contributed by atoms with Crippen LogP contribution in [-0.2, 0) is 4.74 Å². The lowest BCUT2D eigenvalue weighted by Crippen LogP contribution is -2.36. The molecule has 1 radical (unpaired) electrons. The van der Waals surface area contributed by atoms with Gasteiger partial charge >= 0.3 is 0 Å². The normalized spacial score (nSPS) is 28.3. The average molecular weight is 128 g/mol. The quantitative estimate of drug-likeness (QED) is 0.597. The molecular weight excluding hydrogens is 114 g/mol. The molecule has 2 nitrogen and oxygen atoms in total. The van der Waals surface area contributed by atoms with Crippen LogP contribution in [0.4, 0.5) is 0 Å². The first-order chi connectivity index (χ1) is 4.43. The number of hydrogen-bond acceptors (Lipinski definition) is 2. The lowest BCUT2D eigenvalue weighted by Gasteiger charge is -2.22. The van der Waals surface area contributed by atoms with Gasteiger partial charge in [-0.25, -0.2) is 0 Å². The fraction of sp³-hybridized carbons (Fsp3) is 0.857. The number of nitrogens with one attached hydrogen (secondary N) is 1. The highest BCUT2D eigenvalue weighted by atomic mass is 16.5. The first-order valence-corrected chi connectivity index (χ1v) is 3.57. The number of hydrogen-bond donors (Lipinski definition) is 1. The third-order valence-corrected chi connectivity index (χ3v) is 1.58. The molecule has 0 amide bonds. The summed E-state index contributed by atoms with van der Waals surface area (Å²) in [5.41, 5.74) is 0. The summed E-state index contributed by atoms with van der Waals surface area (Å²) < 4.78 is 5.26. The van der Waals surface area contributed by atoms with E-state index in [1.54, 1.807) is 0 Å². The van der Waals surface area contributed by atoms with Crippen LogP contribution in [0.1, 0.15) is 19.3 Å². The molecule has 1 rings (SSSR count). The number of ether oxygens (including phenoxy) is 1. The first-order valence-electron chi connectivity index (χ1n) is 3.57. The summed E-state index contributed by atoms with van der Waals surface area (Å²) in [4.78, 5) is 0. The van der Waals surface area contributed by atoms with Crippen LogP contribution in [0.3, 0.4) is 0 Å². The Kier molecular flexibility index (Phi) is 3.01. The first kappa shape index (κ1) is 7.03. The second kappa shape index (κ2) is 3.85. The Morgan fingerprint density at radius 1 is 1.56 bits per heavy atom. The van der Waals surface area contributed by atoms with Crippen molar-refractivity contribution in [3.05, 3.63) is 6.92 Å². The molecule has 1 N–H and O–H groups in total. The summed E-state index contributed by atoms with van der Waals surface area (Å²) >= 11 is 0. The van der Waals surface area contributed by atoms with Gasteiger partial charge in [-0.1, -0.05) is 0 Å². The van der Waals surface area contributed by atoms with Crippen molar-refractivity contribution in [2.45, 2.75) is 25.5 Å². The highest BCUT2D eigenvalue weighted by Crippen LogP contribution is 2.06. The van der Waals surface area contributed by atoms with E-state index in [-0.39, 0.29) is 6.23 Å². The van der Waals surface area contributed by atoms with E-state index in [1.807, 2.05) is 0 Å². The van der Waals surface area contributed by atoms with Gasteiger partial charge in [0.05, 0.1) is 0 Å². The summed E-state index contributed by atoms with van der Waals surface area (Å²) in [6.45, 7) is 5.30. The Bertz CT molecular complexity index is 66.6. The van der Waals surface area contributed by atoms with E-state index in [0.29, 0.717) is 6.61 Å². The largest absolute Gasteiger partial charge is 0.363 e. The van der Waals surface area contributed by atoms with Crippen molar-refractivity contribution >= 4 is 0 Å². The standard InChI is InChI=1S/C7H14NO/c1-2-9-7-5-3-4-6-8-7/h7-8H,1-6H2. The molecule has 0 aromatic carbocycles. The molecule has 0 aliphatic carbocycles. The van der Waals surface area contributed by atoms with Crippen molar-refractivity contribution in [2.75, 3.05) is 13.2 Å². The molecule has 0 bridgehead atoms. The Balaban J connectivity index is 2.08. The van der Waals surface area contributed by atoms with Crippen LogP contribution in [0.5, 0.6) is 0 Å². The Hall–Kier alpha value is -0.0800. The lowest BCUT2D eigenvalue weighted by molar-refractivity contribution is 0.0285. The van der Waals surface area contributed by atoms with Crippen LogP contribution >= 0.6 is 0 Å². The minimum Gasteiger partial charge on any atom is -0.363 e. The predicted octanol–water partition coefficient (Wildman–Crippen LogP) is 0.937.